The normalized spacial score (nSPS) is 20.4. The van der Waals surface area contributed by atoms with Gasteiger partial charge in [0.1, 0.15) is 5.82 Å². The molecule has 2 aromatic carbocycles. The van der Waals surface area contributed by atoms with Crippen molar-refractivity contribution in [3.63, 3.8) is 0 Å². The molecule has 0 unspecified atom stereocenters. The lowest BCUT2D eigenvalue weighted by Crippen LogP contribution is -2.20. The third-order valence-electron chi connectivity index (χ3n) is 3.61. The average molecular weight is 282 g/mol. The molecule has 0 spiro atoms. The number of halogens is 1. The Kier molecular flexibility index (Phi) is 3.77. The van der Waals surface area contributed by atoms with Gasteiger partial charge in [-0.15, -0.1) is 0 Å². The molecule has 106 valence electrons. The summed E-state index contributed by atoms with van der Waals surface area (Å²) < 4.78 is 12.7. The van der Waals surface area contributed by atoms with Crippen LogP contribution in [0.25, 0.3) is 0 Å². The van der Waals surface area contributed by atoms with Crippen molar-refractivity contribution < 1.29 is 9.18 Å². The largest absolute Gasteiger partial charge is 0.273 e. The van der Waals surface area contributed by atoms with E-state index in [1.54, 1.807) is 12.1 Å². The molecule has 0 bridgehead atoms. The molecule has 1 fully saturated rings. The van der Waals surface area contributed by atoms with Crippen molar-refractivity contribution in [2.75, 3.05) is 0 Å². The summed E-state index contributed by atoms with van der Waals surface area (Å²) in [6.45, 7) is 0. The zero-order chi connectivity index (χ0) is 14.7. The molecule has 3 nitrogen and oxygen atoms in total. The molecule has 0 radical (unpaired) electrons. The van der Waals surface area contributed by atoms with Crippen LogP contribution in [0.4, 0.5) is 4.39 Å². The summed E-state index contributed by atoms with van der Waals surface area (Å²) in [5, 5.41) is 3.91. The van der Waals surface area contributed by atoms with E-state index in [9.17, 15) is 9.18 Å². The van der Waals surface area contributed by atoms with Crippen molar-refractivity contribution in [1.82, 2.24) is 5.43 Å². The van der Waals surface area contributed by atoms with Gasteiger partial charge in [0.05, 0.1) is 6.21 Å². The summed E-state index contributed by atoms with van der Waals surface area (Å²) in [6, 6.07) is 15.9. The first-order valence-electron chi connectivity index (χ1n) is 6.87. The van der Waals surface area contributed by atoms with Crippen LogP contribution in [0, 0.1) is 11.7 Å². The molecular weight excluding hydrogens is 267 g/mol. The van der Waals surface area contributed by atoms with Gasteiger partial charge >= 0.3 is 0 Å². The smallest absolute Gasteiger partial charge is 0.243 e. The maximum Gasteiger partial charge on any atom is 0.243 e. The number of nitrogens with zero attached hydrogens (tertiary/aromatic N) is 1. The molecule has 1 aliphatic carbocycles. The molecule has 3 rings (SSSR count). The highest BCUT2D eigenvalue weighted by molar-refractivity contribution is 5.85. The van der Waals surface area contributed by atoms with E-state index < -0.39 is 0 Å². The molecule has 1 amide bonds. The topological polar surface area (TPSA) is 41.5 Å². The number of nitrogens with one attached hydrogen (secondary N) is 1. The van der Waals surface area contributed by atoms with Gasteiger partial charge in [0.25, 0.3) is 0 Å². The van der Waals surface area contributed by atoms with Crippen LogP contribution in [0.1, 0.15) is 23.5 Å². The summed E-state index contributed by atoms with van der Waals surface area (Å²) in [5.41, 5.74) is 4.48. The van der Waals surface area contributed by atoms with E-state index in [-0.39, 0.29) is 17.6 Å². The van der Waals surface area contributed by atoms with Crippen molar-refractivity contribution in [3.05, 3.63) is 71.5 Å². The molecule has 0 heterocycles. The second-order valence-electron chi connectivity index (χ2n) is 5.15. The minimum Gasteiger partial charge on any atom is -0.273 e. The molecule has 2 atom stereocenters. The van der Waals surface area contributed by atoms with Crippen LogP contribution in [0.15, 0.2) is 59.7 Å². The fraction of sp³-hybridized carbons (Fsp3) is 0.176. The van der Waals surface area contributed by atoms with E-state index in [1.807, 2.05) is 30.3 Å². The summed E-state index contributed by atoms with van der Waals surface area (Å²) in [6.07, 6.45) is 2.37. The number of hydrogen-bond acceptors (Lipinski definition) is 2. The molecule has 0 aromatic heterocycles. The Morgan fingerprint density at radius 2 is 1.86 bits per heavy atom. The number of amides is 1. The molecule has 2 aromatic rings. The number of rotatable bonds is 4. The number of hydrazone groups is 1. The lowest BCUT2D eigenvalue weighted by molar-refractivity contribution is -0.122. The van der Waals surface area contributed by atoms with E-state index in [1.165, 1.54) is 23.9 Å². The predicted molar refractivity (Wildman–Crippen MR) is 79.4 cm³/mol. The molecule has 0 aliphatic heterocycles. The molecular formula is C17H15FN2O. The van der Waals surface area contributed by atoms with Crippen molar-refractivity contribution in [2.45, 2.75) is 12.3 Å². The van der Waals surface area contributed by atoms with Crippen LogP contribution < -0.4 is 5.43 Å². The van der Waals surface area contributed by atoms with E-state index in [2.05, 4.69) is 10.5 Å². The lowest BCUT2D eigenvalue weighted by atomic mass is 10.1. The first-order chi connectivity index (χ1) is 10.2. The van der Waals surface area contributed by atoms with Gasteiger partial charge in [0.2, 0.25) is 5.91 Å². The molecule has 1 aliphatic rings. The minimum absolute atomic E-state index is 0.00207. The SMILES string of the molecule is O=C(N/N=C\c1ccc(F)cc1)[C@H]1C[C@@H]1c1ccccc1. The van der Waals surface area contributed by atoms with Gasteiger partial charge in [0.15, 0.2) is 0 Å². The van der Waals surface area contributed by atoms with E-state index in [0.29, 0.717) is 5.92 Å². The standard InChI is InChI=1S/C17H15FN2O/c18-14-8-6-12(7-9-14)11-19-20-17(21)16-10-15(16)13-4-2-1-3-5-13/h1-9,11,15-16H,10H2,(H,20,21)/b19-11-/t15-,16+/m1/s1. The van der Waals surface area contributed by atoms with Crippen LogP contribution in [-0.2, 0) is 4.79 Å². The van der Waals surface area contributed by atoms with Crippen molar-refractivity contribution in [2.24, 2.45) is 11.0 Å². The Balaban J connectivity index is 1.53. The maximum atomic E-state index is 12.7. The number of hydrogen-bond donors (Lipinski definition) is 1. The Morgan fingerprint density at radius 3 is 2.57 bits per heavy atom. The fourth-order valence-electron chi connectivity index (χ4n) is 2.36. The summed E-state index contributed by atoms with van der Waals surface area (Å²) in [4.78, 5) is 11.9. The van der Waals surface area contributed by atoms with Crippen LogP contribution in [0.2, 0.25) is 0 Å². The highest BCUT2D eigenvalue weighted by atomic mass is 19.1. The quantitative estimate of drug-likeness (QED) is 0.679. The Labute approximate surface area is 122 Å². The van der Waals surface area contributed by atoms with Crippen LogP contribution in [0.5, 0.6) is 0 Å². The summed E-state index contributed by atoms with van der Waals surface area (Å²) in [7, 11) is 0. The summed E-state index contributed by atoms with van der Waals surface area (Å²) >= 11 is 0. The predicted octanol–water partition coefficient (Wildman–Crippen LogP) is 3.08. The molecule has 21 heavy (non-hydrogen) atoms. The van der Waals surface area contributed by atoms with Gasteiger partial charge in [-0.25, -0.2) is 9.82 Å². The second-order valence-corrected chi connectivity index (χ2v) is 5.15. The zero-order valence-electron chi connectivity index (χ0n) is 11.4. The van der Waals surface area contributed by atoms with Crippen LogP contribution in [0.3, 0.4) is 0 Å². The average Bonchev–Trinajstić information content (AvgIpc) is 3.31. The van der Waals surface area contributed by atoms with E-state index in [0.717, 1.165) is 12.0 Å². The van der Waals surface area contributed by atoms with E-state index in [4.69, 9.17) is 0 Å². The Hall–Kier alpha value is -2.49. The second kappa shape index (κ2) is 5.87. The van der Waals surface area contributed by atoms with Crippen molar-refractivity contribution >= 4 is 12.1 Å². The first kappa shape index (κ1) is 13.5. The third kappa shape index (κ3) is 3.34. The van der Waals surface area contributed by atoms with Crippen molar-refractivity contribution in [3.8, 4) is 0 Å². The van der Waals surface area contributed by atoms with Gasteiger partial charge in [-0.3, -0.25) is 4.79 Å². The fourth-order valence-corrected chi connectivity index (χ4v) is 2.36. The van der Waals surface area contributed by atoms with E-state index >= 15 is 0 Å². The third-order valence-corrected chi connectivity index (χ3v) is 3.61. The van der Waals surface area contributed by atoms with Gasteiger partial charge < -0.3 is 0 Å². The zero-order valence-corrected chi connectivity index (χ0v) is 11.4. The Bertz CT molecular complexity index is 652. The Morgan fingerprint density at radius 1 is 1.14 bits per heavy atom. The number of benzene rings is 2. The van der Waals surface area contributed by atoms with Gasteiger partial charge in [-0.05, 0) is 35.6 Å². The maximum absolute atomic E-state index is 12.7. The first-order valence-corrected chi connectivity index (χ1v) is 6.87. The molecule has 1 saturated carbocycles. The highest BCUT2D eigenvalue weighted by Gasteiger charge is 2.43. The van der Waals surface area contributed by atoms with Gasteiger partial charge in [-0.2, -0.15) is 5.10 Å². The highest BCUT2D eigenvalue weighted by Crippen LogP contribution is 2.47. The number of carbonyl (C=O) groups excluding carboxylic acids is 1. The number of carbonyl (C=O) groups is 1. The van der Waals surface area contributed by atoms with Crippen LogP contribution >= 0.6 is 0 Å². The van der Waals surface area contributed by atoms with Gasteiger partial charge in [-0.1, -0.05) is 42.5 Å². The summed E-state index contributed by atoms with van der Waals surface area (Å²) in [5.74, 6) is -0.0629. The molecule has 4 heteroatoms. The lowest BCUT2D eigenvalue weighted by Gasteiger charge is -2.00. The van der Waals surface area contributed by atoms with Crippen molar-refractivity contribution in [1.29, 1.82) is 0 Å². The molecule has 1 N–H and O–H groups in total. The monoisotopic (exact) mass is 282 g/mol. The van der Waals surface area contributed by atoms with Gasteiger partial charge in [0, 0.05) is 5.92 Å². The minimum atomic E-state index is -0.292. The van der Waals surface area contributed by atoms with Crippen LogP contribution in [-0.4, -0.2) is 12.1 Å². The molecule has 0 saturated heterocycles.